The maximum Gasteiger partial charge on any atom is 0.305 e. The molecule has 6 heteroatoms. The number of rotatable bonds is 9. The maximum absolute atomic E-state index is 11.9. The fourth-order valence-corrected chi connectivity index (χ4v) is 2.53. The van der Waals surface area contributed by atoms with E-state index in [1.54, 1.807) is 31.2 Å². The van der Waals surface area contributed by atoms with Gasteiger partial charge < -0.3 is 10.0 Å². The first kappa shape index (κ1) is 17.2. The molecule has 0 saturated carbocycles. The number of carbonyl (C=O) groups excluding carboxylic acids is 2. The molecule has 0 aliphatic carbocycles. The van der Waals surface area contributed by atoms with Gasteiger partial charge >= 0.3 is 5.97 Å². The Morgan fingerprint density at radius 1 is 1.14 bits per heavy atom. The first-order valence-corrected chi connectivity index (χ1v) is 7.85. The standard InChI is InChI=1S/C15H19NO4S/c1-2-16(9-8-15(19)20)14(18)11-21-10-13(17)12-6-4-3-5-7-12/h3-7H,2,8-11H2,1H3,(H,19,20). The highest BCUT2D eigenvalue weighted by Crippen LogP contribution is 2.08. The number of hydrogen-bond acceptors (Lipinski definition) is 4. The summed E-state index contributed by atoms with van der Waals surface area (Å²) in [7, 11) is 0. The molecular weight excluding hydrogens is 290 g/mol. The van der Waals surface area contributed by atoms with E-state index in [2.05, 4.69) is 0 Å². The molecule has 0 aliphatic rings. The lowest BCUT2D eigenvalue weighted by Gasteiger charge is -2.19. The molecule has 0 radical (unpaired) electrons. The summed E-state index contributed by atoms with van der Waals surface area (Å²) >= 11 is 1.25. The number of hydrogen-bond donors (Lipinski definition) is 1. The Bertz CT molecular complexity index is 490. The fourth-order valence-electron chi connectivity index (χ4n) is 1.72. The summed E-state index contributed by atoms with van der Waals surface area (Å²) in [6.07, 6.45) is -0.0623. The number of carboxylic acid groups (broad SMARTS) is 1. The Balaban J connectivity index is 2.35. The zero-order valence-corrected chi connectivity index (χ0v) is 12.8. The predicted octanol–water partition coefficient (Wildman–Crippen LogP) is 1.93. The molecule has 1 aromatic rings. The minimum absolute atomic E-state index is 0.0121. The number of carbonyl (C=O) groups is 3. The highest BCUT2D eigenvalue weighted by atomic mass is 32.2. The van der Waals surface area contributed by atoms with Crippen molar-refractivity contribution in [1.82, 2.24) is 4.90 Å². The molecule has 0 aromatic heterocycles. The number of amides is 1. The van der Waals surface area contributed by atoms with Crippen molar-refractivity contribution in [3.8, 4) is 0 Å². The van der Waals surface area contributed by atoms with E-state index in [1.807, 2.05) is 6.07 Å². The molecule has 1 aromatic carbocycles. The number of Topliss-reactive ketones (excluding diaryl/α,β-unsaturated/α-hetero) is 1. The van der Waals surface area contributed by atoms with Gasteiger partial charge in [-0.2, -0.15) is 0 Å². The SMILES string of the molecule is CCN(CCC(=O)O)C(=O)CSCC(=O)c1ccccc1. The van der Waals surface area contributed by atoms with Crippen LogP contribution >= 0.6 is 11.8 Å². The molecule has 21 heavy (non-hydrogen) atoms. The molecule has 0 heterocycles. The van der Waals surface area contributed by atoms with E-state index < -0.39 is 5.97 Å². The van der Waals surface area contributed by atoms with Crippen molar-refractivity contribution in [2.45, 2.75) is 13.3 Å². The molecule has 1 amide bonds. The summed E-state index contributed by atoms with van der Waals surface area (Å²) < 4.78 is 0. The zero-order chi connectivity index (χ0) is 15.7. The molecule has 0 atom stereocenters. The van der Waals surface area contributed by atoms with Gasteiger partial charge in [0.25, 0.3) is 0 Å². The van der Waals surface area contributed by atoms with Crippen LogP contribution in [0.3, 0.4) is 0 Å². The Morgan fingerprint density at radius 3 is 2.38 bits per heavy atom. The van der Waals surface area contributed by atoms with Crippen LogP contribution in [0.1, 0.15) is 23.7 Å². The van der Waals surface area contributed by atoms with E-state index in [0.29, 0.717) is 12.1 Å². The van der Waals surface area contributed by atoms with Crippen LogP contribution in [0.25, 0.3) is 0 Å². The lowest BCUT2D eigenvalue weighted by atomic mass is 10.2. The first-order chi connectivity index (χ1) is 10.0. The van der Waals surface area contributed by atoms with Gasteiger partial charge in [-0.05, 0) is 6.92 Å². The van der Waals surface area contributed by atoms with Crippen LogP contribution in [0.5, 0.6) is 0 Å². The van der Waals surface area contributed by atoms with E-state index in [-0.39, 0.29) is 36.2 Å². The average Bonchev–Trinajstić information content (AvgIpc) is 2.48. The highest BCUT2D eigenvalue weighted by molar-refractivity contribution is 8.00. The number of nitrogens with zero attached hydrogens (tertiary/aromatic N) is 1. The Morgan fingerprint density at radius 2 is 1.81 bits per heavy atom. The summed E-state index contributed by atoms with van der Waals surface area (Å²) in [6, 6.07) is 8.93. The van der Waals surface area contributed by atoms with Gasteiger partial charge in [-0.25, -0.2) is 0 Å². The number of benzene rings is 1. The predicted molar refractivity (Wildman–Crippen MR) is 82.6 cm³/mol. The van der Waals surface area contributed by atoms with Crippen LogP contribution in [-0.2, 0) is 9.59 Å². The third kappa shape index (κ3) is 6.44. The van der Waals surface area contributed by atoms with Crippen LogP contribution in [0.2, 0.25) is 0 Å². The molecule has 0 fully saturated rings. The van der Waals surface area contributed by atoms with Crippen molar-refractivity contribution in [2.24, 2.45) is 0 Å². The summed E-state index contributed by atoms with van der Waals surface area (Å²) in [5.41, 5.74) is 0.635. The number of carboxylic acids is 1. The largest absolute Gasteiger partial charge is 0.481 e. The van der Waals surface area contributed by atoms with Crippen molar-refractivity contribution < 1.29 is 19.5 Å². The van der Waals surface area contributed by atoms with Gasteiger partial charge in [-0.1, -0.05) is 30.3 Å². The average molecular weight is 309 g/mol. The van der Waals surface area contributed by atoms with Crippen molar-refractivity contribution in [3.63, 3.8) is 0 Å². The summed E-state index contributed by atoms with van der Waals surface area (Å²) in [5.74, 6) is -0.641. The summed E-state index contributed by atoms with van der Waals surface area (Å²) in [4.78, 5) is 35.8. The fraction of sp³-hybridized carbons (Fsp3) is 0.400. The van der Waals surface area contributed by atoms with Gasteiger partial charge in [-0.15, -0.1) is 11.8 Å². The highest BCUT2D eigenvalue weighted by Gasteiger charge is 2.14. The van der Waals surface area contributed by atoms with Gasteiger partial charge in [0.15, 0.2) is 5.78 Å². The molecule has 0 bridgehead atoms. The van der Waals surface area contributed by atoms with Crippen molar-refractivity contribution >= 4 is 29.4 Å². The number of ketones is 1. The van der Waals surface area contributed by atoms with Crippen LogP contribution in [0.15, 0.2) is 30.3 Å². The molecule has 0 aliphatic heterocycles. The third-order valence-corrected chi connectivity index (χ3v) is 3.80. The van der Waals surface area contributed by atoms with Gasteiger partial charge in [0, 0.05) is 18.7 Å². The Kier molecular flexibility index (Phi) is 7.53. The Hall–Kier alpha value is -1.82. The van der Waals surface area contributed by atoms with E-state index in [1.165, 1.54) is 16.7 Å². The van der Waals surface area contributed by atoms with Crippen molar-refractivity contribution in [2.75, 3.05) is 24.6 Å². The van der Waals surface area contributed by atoms with Crippen LogP contribution in [-0.4, -0.2) is 52.3 Å². The second-order valence-electron chi connectivity index (χ2n) is 4.40. The van der Waals surface area contributed by atoms with Crippen LogP contribution in [0.4, 0.5) is 0 Å². The zero-order valence-electron chi connectivity index (χ0n) is 11.9. The molecule has 5 nitrogen and oxygen atoms in total. The van der Waals surface area contributed by atoms with Crippen LogP contribution < -0.4 is 0 Å². The smallest absolute Gasteiger partial charge is 0.305 e. The summed E-state index contributed by atoms with van der Waals surface area (Å²) in [5, 5.41) is 8.63. The van der Waals surface area contributed by atoms with E-state index in [0.717, 1.165) is 0 Å². The third-order valence-electron chi connectivity index (χ3n) is 2.88. The quantitative estimate of drug-likeness (QED) is 0.705. The number of thioether (sulfide) groups is 1. The van der Waals surface area contributed by atoms with E-state index >= 15 is 0 Å². The molecule has 1 N–H and O–H groups in total. The molecule has 1 rings (SSSR count). The lowest BCUT2D eigenvalue weighted by Crippen LogP contribution is -2.34. The van der Waals surface area contributed by atoms with Crippen LogP contribution in [0, 0.1) is 0 Å². The second kappa shape index (κ2) is 9.18. The Labute approximate surface area is 128 Å². The van der Waals surface area contributed by atoms with Gasteiger partial charge in [-0.3, -0.25) is 14.4 Å². The molecule has 0 saturated heterocycles. The molecular formula is C15H19NO4S. The normalized spacial score (nSPS) is 10.1. The topological polar surface area (TPSA) is 74.7 Å². The molecule has 0 unspecified atom stereocenters. The van der Waals surface area contributed by atoms with Gasteiger partial charge in [0.05, 0.1) is 17.9 Å². The number of aliphatic carboxylic acids is 1. The van der Waals surface area contributed by atoms with Crippen molar-refractivity contribution in [1.29, 1.82) is 0 Å². The second-order valence-corrected chi connectivity index (χ2v) is 5.38. The van der Waals surface area contributed by atoms with Crippen molar-refractivity contribution in [3.05, 3.63) is 35.9 Å². The van der Waals surface area contributed by atoms with Gasteiger partial charge in [0.1, 0.15) is 0 Å². The monoisotopic (exact) mass is 309 g/mol. The maximum atomic E-state index is 11.9. The minimum atomic E-state index is -0.923. The molecule has 114 valence electrons. The lowest BCUT2D eigenvalue weighted by molar-refractivity contribution is -0.138. The van der Waals surface area contributed by atoms with E-state index in [4.69, 9.17) is 5.11 Å². The first-order valence-electron chi connectivity index (χ1n) is 6.70. The molecule has 0 spiro atoms. The minimum Gasteiger partial charge on any atom is -0.481 e. The summed E-state index contributed by atoms with van der Waals surface area (Å²) in [6.45, 7) is 2.48. The van der Waals surface area contributed by atoms with E-state index in [9.17, 15) is 14.4 Å². The van der Waals surface area contributed by atoms with Gasteiger partial charge in [0.2, 0.25) is 5.91 Å².